The minimum absolute atomic E-state index is 0.296. The molecular weight excluding hydrogens is 252 g/mol. The van der Waals surface area contributed by atoms with Crippen LogP contribution in [0.2, 0.25) is 0 Å². The van der Waals surface area contributed by atoms with Crippen molar-refractivity contribution in [2.45, 2.75) is 6.54 Å². The van der Waals surface area contributed by atoms with E-state index >= 15 is 0 Å². The summed E-state index contributed by atoms with van der Waals surface area (Å²) in [5.74, 6) is 0.296. The molecule has 0 aliphatic carbocycles. The van der Waals surface area contributed by atoms with Gasteiger partial charge in [-0.1, -0.05) is 23.4 Å². The molecule has 100 valence electrons. The van der Waals surface area contributed by atoms with E-state index in [0.717, 1.165) is 22.3 Å². The fourth-order valence-corrected chi connectivity index (χ4v) is 2.14. The molecule has 0 aliphatic rings. The maximum absolute atomic E-state index is 5.91. The number of rotatable bonds is 3. The zero-order chi connectivity index (χ0) is 13.9. The predicted octanol–water partition coefficient (Wildman–Crippen LogP) is 2.44. The van der Waals surface area contributed by atoms with Crippen molar-refractivity contribution in [3.8, 4) is 22.4 Å². The lowest BCUT2D eigenvalue weighted by Crippen LogP contribution is -1.96. The Morgan fingerprint density at radius 2 is 1.85 bits per heavy atom. The number of benzene rings is 1. The summed E-state index contributed by atoms with van der Waals surface area (Å²) in [7, 11) is 0. The molecule has 20 heavy (non-hydrogen) atoms. The lowest BCUT2D eigenvalue weighted by atomic mass is 10.0. The van der Waals surface area contributed by atoms with Crippen molar-refractivity contribution >= 4 is 5.88 Å². The van der Waals surface area contributed by atoms with Gasteiger partial charge in [-0.3, -0.25) is 4.98 Å². The van der Waals surface area contributed by atoms with E-state index in [0.29, 0.717) is 18.1 Å². The summed E-state index contributed by atoms with van der Waals surface area (Å²) in [6, 6.07) is 11.6. The molecule has 3 aromatic rings. The summed E-state index contributed by atoms with van der Waals surface area (Å²) >= 11 is 0. The molecule has 0 atom stereocenters. The van der Waals surface area contributed by atoms with Crippen LogP contribution in [0.25, 0.3) is 22.4 Å². The number of nitrogens with zero attached hydrogens (tertiary/aromatic N) is 2. The first kappa shape index (κ1) is 12.4. The fourth-order valence-electron chi connectivity index (χ4n) is 2.14. The molecule has 0 aliphatic heterocycles. The Balaban J connectivity index is 2.16. The van der Waals surface area contributed by atoms with Crippen LogP contribution in [0.5, 0.6) is 0 Å². The maximum Gasteiger partial charge on any atom is 0.230 e. The molecule has 4 N–H and O–H groups in total. The van der Waals surface area contributed by atoms with Crippen LogP contribution in [0.15, 0.2) is 53.3 Å². The first-order valence-electron chi connectivity index (χ1n) is 6.24. The smallest absolute Gasteiger partial charge is 0.230 e. The maximum atomic E-state index is 5.91. The molecule has 5 nitrogen and oxygen atoms in total. The quantitative estimate of drug-likeness (QED) is 0.759. The molecule has 3 rings (SSSR count). The number of pyridine rings is 1. The van der Waals surface area contributed by atoms with Crippen molar-refractivity contribution in [3.63, 3.8) is 0 Å². The summed E-state index contributed by atoms with van der Waals surface area (Å²) < 4.78 is 5.15. The van der Waals surface area contributed by atoms with Crippen molar-refractivity contribution in [1.82, 2.24) is 10.1 Å². The summed E-state index contributed by atoms with van der Waals surface area (Å²) in [4.78, 5) is 4.01. The lowest BCUT2D eigenvalue weighted by molar-refractivity contribution is 0.439. The van der Waals surface area contributed by atoms with Crippen molar-refractivity contribution in [1.29, 1.82) is 0 Å². The van der Waals surface area contributed by atoms with Crippen LogP contribution in [0.4, 0.5) is 5.88 Å². The van der Waals surface area contributed by atoms with E-state index in [-0.39, 0.29) is 0 Å². The van der Waals surface area contributed by atoms with Crippen LogP contribution in [0.1, 0.15) is 5.56 Å². The van der Waals surface area contributed by atoms with Gasteiger partial charge >= 0.3 is 0 Å². The van der Waals surface area contributed by atoms with Gasteiger partial charge in [0.1, 0.15) is 5.69 Å². The molecule has 0 bridgehead atoms. The zero-order valence-electron chi connectivity index (χ0n) is 10.8. The fraction of sp³-hybridized carbons (Fsp3) is 0.0667. The van der Waals surface area contributed by atoms with E-state index in [1.165, 1.54) is 0 Å². The second-order valence-electron chi connectivity index (χ2n) is 4.41. The number of hydrogen-bond acceptors (Lipinski definition) is 5. The van der Waals surface area contributed by atoms with Gasteiger partial charge < -0.3 is 16.0 Å². The van der Waals surface area contributed by atoms with Crippen molar-refractivity contribution in [2.24, 2.45) is 5.73 Å². The number of nitrogen functional groups attached to an aromatic ring is 1. The van der Waals surface area contributed by atoms with E-state index in [1.54, 1.807) is 12.4 Å². The number of hydrogen-bond donors (Lipinski definition) is 2. The van der Waals surface area contributed by atoms with Crippen LogP contribution >= 0.6 is 0 Å². The first-order valence-corrected chi connectivity index (χ1v) is 6.24. The van der Waals surface area contributed by atoms with Gasteiger partial charge in [-0.05, 0) is 29.3 Å². The van der Waals surface area contributed by atoms with Crippen LogP contribution in [0.3, 0.4) is 0 Å². The highest BCUT2D eigenvalue weighted by molar-refractivity contribution is 5.86. The van der Waals surface area contributed by atoms with Crippen LogP contribution < -0.4 is 11.5 Å². The average Bonchev–Trinajstić information content (AvgIpc) is 2.90. The molecule has 0 spiro atoms. The highest BCUT2D eigenvalue weighted by Gasteiger charge is 2.17. The molecule has 0 radical (unpaired) electrons. The van der Waals surface area contributed by atoms with Gasteiger partial charge in [0, 0.05) is 24.5 Å². The summed E-state index contributed by atoms with van der Waals surface area (Å²) in [5.41, 5.74) is 16.0. The summed E-state index contributed by atoms with van der Waals surface area (Å²) in [6.45, 7) is 0.478. The van der Waals surface area contributed by atoms with E-state index in [4.69, 9.17) is 16.0 Å². The third-order valence-electron chi connectivity index (χ3n) is 3.12. The zero-order valence-corrected chi connectivity index (χ0v) is 10.8. The molecule has 0 saturated carbocycles. The highest BCUT2D eigenvalue weighted by Crippen LogP contribution is 2.35. The van der Waals surface area contributed by atoms with E-state index < -0.39 is 0 Å². The van der Waals surface area contributed by atoms with Gasteiger partial charge in [-0.25, -0.2) is 0 Å². The molecule has 0 unspecified atom stereocenters. The molecular formula is C15H14N4O. The standard InChI is InChI=1S/C15H14N4O/c16-9-10-2-1-3-12(8-10)14-13(15(17)20-19-14)11-4-6-18-7-5-11/h1-8H,9,16-17H2. The van der Waals surface area contributed by atoms with Crippen LogP contribution in [-0.4, -0.2) is 10.1 Å². The number of aromatic nitrogens is 2. The lowest BCUT2D eigenvalue weighted by Gasteiger charge is -2.04. The largest absolute Gasteiger partial charge is 0.367 e. The van der Waals surface area contributed by atoms with Gasteiger partial charge in [0.2, 0.25) is 5.88 Å². The van der Waals surface area contributed by atoms with Gasteiger partial charge in [0.05, 0.1) is 5.56 Å². The molecule has 5 heteroatoms. The topological polar surface area (TPSA) is 91.0 Å². The molecule has 0 saturated heterocycles. The monoisotopic (exact) mass is 266 g/mol. The first-order chi connectivity index (χ1) is 9.79. The summed E-state index contributed by atoms with van der Waals surface area (Å²) in [5, 5.41) is 4.08. The van der Waals surface area contributed by atoms with Crippen LogP contribution in [-0.2, 0) is 6.54 Å². The van der Waals surface area contributed by atoms with Gasteiger partial charge in [-0.2, -0.15) is 0 Å². The molecule has 1 aromatic carbocycles. The average molecular weight is 266 g/mol. The molecule has 0 fully saturated rings. The van der Waals surface area contributed by atoms with E-state index in [1.807, 2.05) is 36.4 Å². The second-order valence-corrected chi connectivity index (χ2v) is 4.41. The highest BCUT2D eigenvalue weighted by atomic mass is 16.5. The Bertz CT molecular complexity index is 722. The Labute approximate surface area is 116 Å². The van der Waals surface area contributed by atoms with Gasteiger partial charge in [-0.15, -0.1) is 0 Å². The van der Waals surface area contributed by atoms with Crippen molar-refractivity contribution < 1.29 is 4.52 Å². The summed E-state index contributed by atoms with van der Waals surface area (Å²) in [6.07, 6.45) is 3.42. The third-order valence-corrected chi connectivity index (χ3v) is 3.12. The molecule has 2 heterocycles. The Kier molecular flexibility index (Phi) is 3.18. The Hall–Kier alpha value is -2.66. The Morgan fingerprint density at radius 3 is 2.60 bits per heavy atom. The van der Waals surface area contributed by atoms with Crippen molar-refractivity contribution in [3.05, 3.63) is 54.4 Å². The van der Waals surface area contributed by atoms with E-state index in [2.05, 4.69) is 10.1 Å². The number of nitrogens with two attached hydrogens (primary N) is 2. The third kappa shape index (κ3) is 2.15. The Morgan fingerprint density at radius 1 is 1.05 bits per heavy atom. The second kappa shape index (κ2) is 5.14. The normalized spacial score (nSPS) is 10.7. The minimum Gasteiger partial charge on any atom is -0.367 e. The predicted molar refractivity (Wildman–Crippen MR) is 77.5 cm³/mol. The van der Waals surface area contributed by atoms with Crippen molar-refractivity contribution in [2.75, 3.05) is 5.73 Å². The SMILES string of the molecule is NCc1cccc(-c2noc(N)c2-c2ccncc2)c1. The minimum atomic E-state index is 0.296. The molecule has 0 amide bonds. The van der Waals surface area contributed by atoms with Gasteiger partial charge in [0.25, 0.3) is 0 Å². The number of anilines is 1. The van der Waals surface area contributed by atoms with Crippen LogP contribution in [0, 0.1) is 0 Å². The van der Waals surface area contributed by atoms with E-state index in [9.17, 15) is 0 Å². The van der Waals surface area contributed by atoms with Gasteiger partial charge in [0.15, 0.2) is 0 Å². The molecule has 2 aromatic heterocycles.